The molecule has 0 unspecified atom stereocenters. The van der Waals surface area contributed by atoms with E-state index in [2.05, 4.69) is 9.88 Å². The summed E-state index contributed by atoms with van der Waals surface area (Å²) in [4.78, 5) is 17.3. The number of hydrogen-bond acceptors (Lipinski definition) is 3. The Morgan fingerprint density at radius 2 is 1.90 bits per heavy atom. The fourth-order valence-corrected chi connectivity index (χ4v) is 2.92. The molecule has 110 valence electrons. The van der Waals surface area contributed by atoms with Gasteiger partial charge in [0.15, 0.2) is 0 Å². The van der Waals surface area contributed by atoms with Crippen LogP contribution in [0.3, 0.4) is 0 Å². The van der Waals surface area contributed by atoms with Gasteiger partial charge in [-0.05, 0) is 30.5 Å². The van der Waals surface area contributed by atoms with Crippen LogP contribution in [0.25, 0.3) is 11.1 Å². The van der Waals surface area contributed by atoms with E-state index < -0.39 is 0 Å². The normalized spacial score (nSPS) is 14.5. The van der Waals surface area contributed by atoms with Gasteiger partial charge in [-0.1, -0.05) is 23.7 Å². The highest BCUT2D eigenvalue weighted by molar-refractivity contribution is 6.30. The average Bonchev–Trinajstić information content (AvgIpc) is 3.15. The third-order valence-corrected chi connectivity index (χ3v) is 4.07. The number of nitrogens with one attached hydrogen (secondary N) is 1. The van der Waals surface area contributed by atoms with Crippen LogP contribution in [0.1, 0.15) is 23.3 Å². The van der Waals surface area contributed by atoms with Crippen LogP contribution in [0, 0.1) is 0 Å². The summed E-state index contributed by atoms with van der Waals surface area (Å²) in [7, 11) is 1.40. The van der Waals surface area contributed by atoms with Crippen molar-refractivity contribution in [2.75, 3.05) is 25.1 Å². The highest BCUT2D eigenvalue weighted by Crippen LogP contribution is 2.36. The standard InChI is InChI=1S/C16H17ClN2O2/c1-21-16(20)14-15(19-8-2-3-9-19)13(10-18-14)11-4-6-12(17)7-5-11/h4-7,10,18H,2-3,8-9H2,1H3. The number of methoxy groups -OCH3 is 1. The largest absolute Gasteiger partial charge is 0.464 e. The minimum Gasteiger partial charge on any atom is -0.464 e. The van der Waals surface area contributed by atoms with Gasteiger partial charge in [0.1, 0.15) is 5.69 Å². The highest BCUT2D eigenvalue weighted by Gasteiger charge is 2.25. The average molecular weight is 305 g/mol. The van der Waals surface area contributed by atoms with E-state index >= 15 is 0 Å². The first-order valence-corrected chi connectivity index (χ1v) is 7.39. The monoisotopic (exact) mass is 304 g/mol. The first-order valence-electron chi connectivity index (χ1n) is 7.01. The lowest BCUT2D eigenvalue weighted by Gasteiger charge is -2.20. The Hall–Kier alpha value is -1.94. The molecule has 0 amide bonds. The Bertz CT molecular complexity index is 643. The number of H-pyrrole nitrogens is 1. The molecule has 0 saturated carbocycles. The molecule has 2 heterocycles. The van der Waals surface area contributed by atoms with Crippen molar-refractivity contribution in [3.63, 3.8) is 0 Å². The molecule has 1 aliphatic rings. The zero-order chi connectivity index (χ0) is 14.8. The number of carbonyl (C=O) groups excluding carboxylic acids is 1. The Morgan fingerprint density at radius 1 is 1.24 bits per heavy atom. The smallest absolute Gasteiger partial charge is 0.356 e. The second-order valence-electron chi connectivity index (χ2n) is 5.12. The molecule has 0 aliphatic carbocycles. The van der Waals surface area contributed by atoms with Crippen LogP contribution >= 0.6 is 11.6 Å². The van der Waals surface area contributed by atoms with Crippen LogP contribution in [0.5, 0.6) is 0 Å². The number of ether oxygens (including phenoxy) is 1. The van der Waals surface area contributed by atoms with Crippen LogP contribution in [0.4, 0.5) is 5.69 Å². The number of benzene rings is 1. The summed E-state index contributed by atoms with van der Waals surface area (Å²) in [5, 5.41) is 0.699. The van der Waals surface area contributed by atoms with Gasteiger partial charge in [0.05, 0.1) is 12.8 Å². The maximum absolute atomic E-state index is 12.0. The van der Waals surface area contributed by atoms with Crippen molar-refractivity contribution in [1.82, 2.24) is 4.98 Å². The van der Waals surface area contributed by atoms with Crippen molar-refractivity contribution in [3.05, 3.63) is 41.2 Å². The van der Waals surface area contributed by atoms with Gasteiger partial charge in [0.25, 0.3) is 0 Å². The van der Waals surface area contributed by atoms with Crippen molar-refractivity contribution in [1.29, 1.82) is 0 Å². The molecule has 1 fully saturated rings. The molecule has 21 heavy (non-hydrogen) atoms. The summed E-state index contributed by atoms with van der Waals surface area (Å²) in [5.41, 5.74) is 3.49. The van der Waals surface area contributed by atoms with Gasteiger partial charge in [-0.2, -0.15) is 0 Å². The molecular formula is C16H17ClN2O2. The van der Waals surface area contributed by atoms with Crippen LogP contribution in [0.15, 0.2) is 30.5 Å². The highest BCUT2D eigenvalue weighted by atomic mass is 35.5. The molecule has 1 saturated heterocycles. The number of esters is 1. The van der Waals surface area contributed by atoms with E-state index in [1.54, 1.807) is 0 Å². The third kappa shape index (κ3) is 2.63. The molecule has 0 atom stereocenters. The number of nitrogens with zero attached hydrogens (tertiary/aromatic N) is 1. The molecule has 1 aromatic carbocycles. The number of anilines is 1. The molecule has 3 rings (SSSR count). The lowest BCUT2D eigenvalue weighted by Crippen LogP contribution is -2.21. The van der Waals surface area contributed by atoms with Gasteiger partial charge in [-0.3, -0.25) is 0 Å². The van der Waals surface area contributed by atoms with Gasteiger partial charge < -0.3 is 14.6 Å². The summed E-state index contributed by atoms with van der Waals surface area (Å²) >= 11 is 5.95. The molecule has 5 heteroatoms. The Balaban J connectivity index is 2.09. The van der Waals surface area contributed by atoms with E-state index in [-0.39, 0.29) is 5.97 Å². The summed E-state index contributed by atoms with van der Waals surface area (Å²) < 4.78 is 4.89. The maximum atomic E-state index is 12.0. The van der Waals surface area contributed by atoms with Crippen molar-refractivity contribution >= 4 is 23.3 Å². The summed E-state index contributed by atoms with van der Waals surface area (Å²) in [6.45, 7) is 1.92. The molecular weight excluding hydrogens is 288 g/mol. The minimum absolute atomic E-state index is 0.336. The van der Waals surface area contributed by atoms with Gasteiger partial charge in [-0.15, -0.1) is 0 Å². The van der Waals surface area contributed by atoms with Gasteiger partial charge >= 0.3 is 5.97 Å². The molecule has 0 spiro atoms. The number of aromatic nitrogens is 1. The van der Waals surface area contributed by atoms with Crippen molar-refractivity contribution in [2.45, 2.75) is 12.8 Å². The van der Waals surface area contributed by atoms with Crippen LogP contribution in [-0.2, 0) is 4.74 Å². The second kappa shape index (κ2) is 5.82. The topological polar surface area (TPSA) is 45.3 Å². The predicted octanol–water partition coefficient (Wildman–Crippen LogP) is 3.72. The third-order valence-electron chi connectivity index (χ3n) is 3.82. The quantitative estimate of drug-likeness (QED) is 0.879. The van der Waals surface area contributed by atoms with E-state index in [1.807, 2.05) is 30.5 Å². The fourth-order valence-electron chi connectivity index (χ4n) is 2.79. The lowest BCUT2D eigenvalue weighted by molar-refractivity contribution is 0.0595. The Labute approximate surface area is 128 Å². The van der Waals surface area contributed by atoms with Crippen LogP contribution in [-0.4, -0.2) is 31.2 Å². The zero-order valence-electron chi connectivity index (χ0n) is 11.9. The van der Waals surface area contributed by atoms with Gasteiger partial charge in [-0.25, -0.2) is 4.79 Å². The maximum Gasteiger partial charge on any atom is 0.356 e. The van der Waals surface area contributed by atoms with E-state index in [4.69, 9.17) is 16.3 Å². The number of halogens is 1. The minimum atomic E-state index is -0.336. The number of hydrogen-bond donors (Lipinski definition) is 1. The summed E-state index contributed by atoms with van der Waals surface area (Å²) in [5.74, 6) is -0.336. The number of rotatable bonds is 3. The predicted molar refractivity (Wildman–Crippen MR) is 84.0 cm³/mol. The number of aromatic amines is 1. The van der Waals surface area contributed by atoms with Gasteiger partial charge in [0.2, 0.25) is 0 Å². The van der Waals surface area contributed by atoms with Gasteiger partial charge in [0, 0.05) is 29.9 Å². The molecule has 1 aromatic heterocycles. The SMILES string of the molecule is COC(=O)c1[nH]cc(-c2ccc(Cl)cc2)c1N1CCCC1. The molecule has 0 radical (unpaired) electrons. The molecule has 0 bridgehead atoms. The molecule has 2 aromatic rings. The van der Waals surface area contributed by atoms with E-state index in [9.17, 15) is 4.79 Å². The summed E-state index contributed by atoms with van der Waals surface area (Å²) in [6.07, 6.45) is 4.15. The molecule has 1 N–H and O–H groups in total. The zero-order valence-corrected chi connectivity index (χ0v) is 12.6. The van der Waals surface area contributed by atoms with Crippen LogP contribution < -0.4 is 4.90 Å². The first kappa shape index (κ1) is 14.0. The molecule has 1 aliphatic heterocycles. The number of carbonyl (C=O) groups is 1. The summed E-state index contributed by atoms with van der Waals surface area (Å²) in [6, 6.07) is 7.64. The Kier molecular flexibility index (Phi) is 3.88. The Morgan fingerprint density at radius 3 is 2.52 bits per heavy atom. The van der Waals surface area contributed by atoms with Crippen molar-refractivity contribution in [3.8, 4) is 11.1 Å². The van der Waals surface area contributed by atoms with Crippen molar-refractivity contribution in [2.24, 2.45) is 0 Å². The van der Waals surface area contributed by atoms with E-state index in [0.717, 1.165) is 42.7 Å². The van der Waals surface area contributed by atoms with Crippen molar-refractivity contribution < 1.29 is 9.53 Å². The van der Waals surface area contributed by atoms with Crippen LogP contribution in [0.2, 0.25) is 5.02 Å². The first-order chi connectivity index (χ1) is 10.2. The second-order valence-corrected chi connectivity index (χ2v) is 5.56. The van der Waals surface area contributed by atoms with E-state index in [0.29, 0.717) is 10.7 Å². The fraction of sp³-hybridized carbons (Fsp3) is 0.312. The van der Waals surface area contributed by atoms with E-state index in [1.165, 1.54) is 7.11 Å². The molecule has 4 nitrogen and oxygen atoms in total. The lowest BCUT2D eigenvalue weighted by atomic mass is 10.1.